The molecule has 0 saturated heterocycles. The molecule has 1 N–H and O–H groups in total. The van der Waals surface area contributed by atoms with Gasteiger partial charge in [-0.05, 0) is 48.4 Å². The summed E-state index contributed by atoms with van der Waals surface area (Å²) in [5.41, 5.74) is 1.77. The quantitative estimate of drug-likeness (QED) is 0.751. The van der Waals surface area contributed by atoms with Crippen LogP contribution in [0.2, 0.25) is 0 Å². The summed E-state index contributed by atoms with van der Waals surface area (Å²) in [4.78, 5) is 17.5. The van der Waals surface area contributed by atoms with Crippen LogP contribution < -0.4 is 5.32 Å². The first kappa shape index (κ1) is 16.3. The summed E-state index contributed by atoms with van der Waals surface area (Å²) in [5, 5.41) is 7.98. The van der Waals surface area contributed by atoms with E-state index in [4.69, 9.17) is 0 Å². The maximum absolute atomic E-state index is 12.2. The van der Waals surface area contributed by atoms with E-state index >= 15 is 0 Å². The normalized spacial score (nSPS) is 10.5. The molecule has 0 unspecified atom stereocenters. The van der Waals surface area contributed by atoms with Crippen LogP contribution in [-0.4, -0.2) is 27.2 Å². The number of carbonyl (C=O) groups is 1. The Kier molecular flexibility index (Phi) is 5.28. The lowest BCUT2D eigenvalue weighted by atomic mass is 10.2. The summed E-state index contributed by atoms with van der Waals surface area (Å²) in [5.74, 6) is -0.0618. The third kappa shape index (κ3) is 4.45. The van der Waals surface area contributed by atoms with Crippen molar-refractivity contribution in [1.29, 1.82) is 0 Å². The number of amides is 1. The molecule has 122 valence electrons. The third-order valence-corrected chi connectivity index (χ3v) is 4.39. The number of aromatic nitrogens is 3. The van der Waals surface area contributed by atoms with Crippen LogP contribution in [0, 0.1) is 0 Å². The molecule has 0 aliphatic carbocycles. The molecule has 1 aromatic carbocycles. The van der Waals surface area contributed by atoms with E-state index in [1.807, 2.05) is 61.9 Å². The summed E-state index contributed by atoms with van der Waals surface area (Å²) < 4.78 is 1.76. The molecular weight excluding hydrogens is 320 g/mol. The van der Waals surface area contributed by atoms with Crippen LogP contribution in [0.25, 0.3) is 0 Å². The molecule has 24 heavy (non-hydrogen) atoms. The largest absolute Gasteiger partial charge is 0.352 e. The van der Waals surface area contributed by atoms with Crippen molar-refractivity contribution in [2.45, 2.75) is 16.3 Å². The summed E-state index contributed by atoms with van der Waals surface area (Å²) in [6, 6.07) is 13.4. The first-order valence-electron chi connectivity index (χ1n) is 7.65. The average Bonchev–Trinajstić information content (AvgIpc) is 3.02. The number of nitrogens with one attached hydrogen (secondary N) is 1. The molecule has 0 saturated carbocycles. The lowest BCUT2D eigenvalue weighted by Gasteiger charge is -2.05. The standard InChI is InChI=1S/C18H18N4OS/c1-22-13-14(12-21-22)9-11-20-18(23)15-5-7-16(8-6-15)24-17-4-2-3-10-19-17/h2-8,10,12-13H,9,11H2,1H3,(H,20,23). The van der Waals surface area contributed by atoms with Gasteiger partial charge < -0.3 is 5.32 Å². The predicted molar refractivity (Wildman–Crippen MR) is 94.0 cm³/mol. The maximum Gasteiger partial charge on any atom is 0.251 e. The van der Waals surface area contributed by atoms with E-state index in [0.29, 0.717) is 12.1 Å². The van der Waals surface area contributed by atoms with Gasteiger partial charge in [0.15, 0.2) is 0 Å². The molecule has 0 radical (unpaired) electrons. The molecule has 3 aromatic rings. The molecule has 0 aliphatic heterocycles. The first-order valence-corrected chi connectivity index (χ1v) is 8.47. The lowest BCUT2D eigenvalue weighted by molar-refractivity contribution is 0.0954. The monoisotopic (exact) mass is 338 g/mol. The Labute approximate surface area is 145 Å². The smallest absolute Gasteiger partial charge is 0.251 e. The Bertz CT molecular complexity index is 799. The highest BCUT2D eigenvalue weighted by Gasteiger charge is 2.06. The number of benzene rings is 1. The third-order valence-electron chi connectivity index (χ3n) is 3.43. The van der Waals surface area contributed by atoms with Gasteiger partial charge in [0.2, 0.25) is 0 Å². The minimum atomic E-state index is -0.0618. The maximum atomic E-state index is 12.2. The topological polar surface area (TPSA) is 59.8 Å². The van der Waals surface area contributed by atoms with Crippen LogP contribution in [0.3, 0.4) is 0 Å². The number of carbonyl (C=O) groups excluding carboxylic acids is 1. The van der Waals surface area contributed by atoms with Crippen molar-refractivity contribution in [1.82, 2.24) is 20.1 Å². The van der Waals surface area contributed by atoms with Crippen molar-refractivity contribution in [2.75, 3.05) is 6.54 Å². The van der Waals surface area contributed by atoms with E-state index in [-0.39, 0.29) is 5.91 Å². The second kappa shape index (κ2) is 7.79. The fourth-order valence-corrected chi connectivity index (χ4v) is 3.00. The Morgan fingerprint density at radius 1 is 1.21 bits per heavy atom. The Hall–Kier alpha value is -2.60. The number of pyridine rings is 1. The fourth-order valence-electron chi connectivity index (χ4n) is 2.23. The predicted octanol–water partition coefficient (Wildman–Crippen LogP) is 2.94. The Balaban J connectivity index is 1.52. The Morgan fingerprint density at radius 3 is 2.71 bits per heavy atom. The molecule has 0 fully saturated rings. The second-order valence-corrected chi connectivity index (χ2v) is 6.42. The van der Waals surface area contributed by atoms with E-state index in [1.54, 1.807) is 22.6 Å². The number of aryl methyl sites for hydroxylation is 1. The van der Waals surface area contributed by atoms with Gasteiger partial charge in [0.05, 0.1) is 6.20 Å². The van der Waals surface area contributed by atoms with Crippen molar-refractivity contribution in [3.63, 3.8) is 0 Å². The number of rotatable bonds is 6. The van der Waals surface area contributed by atoms with Crippen molar-refractivity contribution in [3.8, 4) is 0 Å². The molecule has 0 atom stereocenters. The molecule has 0 spiro atoms. The minimum absolute atomic E-state index is 0.0618. The van der Waals surface area contributed by atoms with Crippen molar-refractivity contribution < 1.29 is 4.79 Å². The van der Waals surface area contributed by atoms with Crippen LogP contribution in [0.15, 0.2) is 71.0 Å². The molecule has 1 amide bonds. The number of hydrogen-bond donors (Lipinski definition) is 1. The molecule has 5 nitrogen and oxygen atoms in total. The highest BCUT2D eigenvalue weighted by molar-refractivity contribution is 7.99. The lowest BCUT2D eigenvalue weighted by Crippen LogP contribution is -2.25. The van der Waals surface area contributed by atoms with Crippen LogP contribution in [0.1, 0.15) is 15.9 Å². The highest BCUT2D eigenvalue weighted by atomic mass is 32.2. The van der Waals surface area contributed by atoms with Crippen LogP contribution >= 0.6 is 11.8 Å². The van der Waals surface area contributed by atoms with Crippen LogP contribution in [-0.2, 0) is 13.5 Å². The SMILES string of the molecule is Cn1cc(CCNC(=O)c2ccc(Sc3ccccn3)cc2)cn1. The molecular formula is C18H18N4OS. The van der Waals surface area contributed by atoms with Gasteiger partial charge in [-0.2, -0.15) is 5.10 Å². The summed E-state index contributed by atoms with van der Waals surface area (Å²) >= 11 is 1.57. The molecule has 6 heteroatoms. The zero-order valence-electron chi connectivity index (χ0n) is 13.3. The minimum Gasteiger partial charge on any atom is -0.352 e. The van der Waals surface area contributed by atoms with Gasteiger partial charge in [-0.25, -0.2) is 4.98 Å². The van der Waals surface area contributed by atoms with Gasteiger partial charge in [-0.15, -0.1) is 0 Å². The van der Waals surface area contributed by atoms with Gasteiger partial charge in [0, 0.05) is 36.4 Å². The van der Waals surface area contributed by atoms with Crippen LogP contribution in [0.4, 0.5) is 0 Å². The second-order valence-electron chi connectivity index (χ2n) is 5.32. The average molecular weight is 338 g/mol. The van der Waals surface area contributed by atoms with E-state index in [1.165, 1.54) is 0 Å². The van der Waals surface area contributed by atoms with E-state index in [0.717, 1.165) is 21.9 Å². The molecule has 3 rings (SSSR count). The summed E-state index contributed by atoms with van der Waals surface area (Å²) in [6.07, 6.45) is 6.31. The fraction of sp³-hybridized carbons (Fsp3) is 0.167. The highest BCUT2D eigenvalue weighted by Crippen LogP contribution is 2.25. The number of hydrogen-bond acceptors (Lipinski definition) is 4. The molecule has 2 aromatic heterocycles. The summed E-state index contributed by atoms with van der Waals surface area (Å²) in [7, 11) is 1.88. The van der Waals surface area contributed by atoms with Crippen molar-refractivity contribution in [2.24, 2.45) is 7.05 Å². The number of nitrogens with zero attached hydrogens (tertiary/aromatic N) is 3. The van der Waals surface area contributed by atoms with Crippen LogP contribution in [0.5, 0.6) is 0 Å². The van der Waals surface area contributed by atoms with Gasteiger partial charge in [0.1, 0.15) is 5.03 Å². The Morgan fingerprint density at radius 2 is 2.04 bits per heavy atom. The summed E-state index contributed by atoms with van der Waals surface area (Å²) in [6.45, 7) is 0.592. The van der Waals surface area contributed by atoms with Gasteiger partial charge in [-0.3, -0.25) is 9.48 Å². The van der Waals surface area contributed by atoms with E-state index in [9.17, 15) is 4.79 Å². The van der Waals surface area contributed by atoms with Gasteiger partial charge in [-0.1, -0.05) is 17.8 Å². The van der Waals surface area contributed by atoms with E-state index in [2.05, 4.69) is 15.4 Å². The first-order chi connectivity index (χ1) is 11.7. The zero-order chi connectivity index (χ0) is 16.8. The molecule has 2 heterocycles. The van der Waals surface area contributed by atoms with Gasteiger partial charge in [0.25, 0.3) is 5.91 Å². The van der Waals surface area contributed by atoms with Crippen molar-refractivity contribution in [3.05, 3.63) is 72.2 Å². The molecule has 0 bridgehead atoms. The van der Waals surface area contributed by atoms with Gasteiger partial charge >= 0.3 is 0 Å². The molecule has 0 aliphatic rings. The zero-order valence-corrected chi connectivity index (χ0v) is 14.2. The van der Waals surface area contributed by atoms with E-state index < -0.39 is 0 Å². The van der Waals surface area contributed by atoms with Crippen molar-refractivity contribution >= 4 is 17.7 Å².